The maximum atomic E-state index is 9.28. The van der Waals surface area contributed by atoms with E-state index < -0.39 is 6.10 Å². The van der Waals surface area contributed by atoms with Crippen LogP contribution in [-0.4, -0.2) is 22.9 Å². The first-order valence-electron chi connectivity index (χ1n) is 5.17. The van der Waals surface area contributed by atoms with Crippen LogP contribution in [0.1, 0.15) is 26.2 Å². The zero-order valence-electron chi connectivity index (χ0n) is 9.45. The molecule has 0 aliphatic heterocycles. The van der Waals surface area contributed by atoms with Gasteiger partial charge in [-0.1, -0.05) is 17.9 Å². The van der Waals surface area contributed by atoms with Crippen molar-refractivity contribution in [2.75, 3.05) is 6.61 Å². The molecule has 0 saturated carbocycles. The summed E-state index contributed by atoms with van der Waals surface area (Å²) in [6.07, 6.45) is 4.98. The molecule has 0 aromatic rings. The third kappa shape index (κ3) is 10.4. The first-order chi connectivity index (χ1) is 7.81. The smallest absolute Gasteiger partial charge is 0.0565 e. The Balaban J connectivity index is 3.69. The number of rotatable bonds is 5. The highest BCUT2D eigenvalue weighted by Crippen LogP contribution is 2.01. The molecule has 0 bridgehead atoms. The van der Waals surface area contributed by atoms with Crippen LogP contribution < -0.4 is 0 Å². The van der Waals surface area contributed by atoms with E-state index in [2.05, 4.69) is 35.5 Å². The zero-order valence-corrected chi connectivity index (χ0v) is 9.45. The number of aliphatic hydroxyl groups is 2. The van der Waals surface area contributed by atoms with Crippen LogP contribution in [0.2, 0.25) is 0 Å². The molecule has 0 amide bonds. The van der Waals surface area contributed by atoms with Crippen molar-refractivity contribution < 1.29 is 10.2 Å². The minimum Gasteiger partial charge on any atom is -0.396 e. The molecule has 0 unspecified atom stereocenters. The Bertz CT molecular complexity index is 374. The fraction of sp³-hybridized carbons (Fsp3) is 0.429. The molecule has 0 aliphatic rings. The lowest BCUT2D eigenvalue weighted by atomic mass is 10.1. The van der Waals surface area contributed by atoms with Crippen molar-refractivity contribution >= 4 is 0 Å². The van der Waals surface area contributed by atoms with Crippen molar-refractivity contribution in [1.82, 2.24) is 0 Å². The van der Waals surface area contributed by atoms with Crippen LogP contribution in [-0.2, 0) is 0 Å². The average molecular weight is 216 g/mol. The molecule has 2 N–H and O–H groups in total. The largest absolute Gasteiger partial charge is 0.396 e. The predicted molar refractivity (Wildman–Crippen MR) is 65.1 cm³/mol. The quantitative estimate of drug-likeness (QED) is 0.675. The summed E-state index contributed by atoms with van der Waals surface area (Å²) in [5.74, 6) is 15.8. The molecule has 0 saturated heterocycles. The van der Waals surface area contributed by atoms with Gasteiger partial charge in [-0.25, -0.2) is 0 Å². The molecule has 0 aromatic carbocycles. The number of aliphatic hydroxyl groups excluding tert-OH is 2. The van der Waals surface area contributed by atoms with E-state index in [-0.39, 0.29) is 6.61 Å². The Kier molecular flexibility index (Phi) is 10.2. The Morgan fingerprint density at radius 2 is 1.88 bits per heavy atom. The van der Waals surface area contributed by atoms with Gasteiger partial charge in [0.05, 0.1) is 6.10 Å². The van der Waals surface area contributed by atoms with Gasteiger partial charge in [-0.05, 0) is 55.9 Å². The van der Waals surface area contributed by atoms with Gasteiger partial charge in [0.2, 0.25) is 0 Å². The highest BCUT2D eigenvalue weighted by molar-refractivity contribution is 5.37. The van der Waals surface area contributed by atoms with Crippen LogP contribution in [0.3, 0.4) is 0 Å². The van der Waals surface area contributed by atoms with Gasteiger partial charge >= 0.3 is 0 Å². The van der Waals surface area contributed by atoms with Gasteiger partial charge in [-0.2, -0.15) is 0 Å². The minimum atomic E-state index is -0.428. The van der Waals surface area contributed by atoms with Crippen LogP contribution in [0, 0.1) is 35.5 Å². The van der Waals surface area contributed by atoms with Gasteiger partial charge in [0.1, 0.15) is 0 Å². The first kappa shape index (κ1) is 14.3. The summed E-state index contributed by atoms with van der Waals surface area (Å²) in [6, 6.07) is 0. The Hall–Kier alpha value is -1.66. The summed E-state index contributed by atoms with van der Waals surface area (Å²) < 4.78 is 0. The summed E-state index contributed by atoms with van der Waals surface area (Å²) in [4.78, 5) is 0. The molecule has 0 spiro atoms. The number of allylic oxidation sites excluding steroid dienone is 2. The van der Waals surface area contributed by atoms with Crippen LogP contribution in [0.15, 0.2) is 12.2 Å². The molecule has 0 rings (SSSR count). The molecule has 0 radical (unpaired) electrons. The minimum absolute atomic E-state index is 0.0265. The van der Waals surface area contributed by atoms with Crippen LogP contribution >= 0.6 is 0 Å². The fourth-order valence-electron chi connectivity index (χ4n) is 0.927. The molecule has 0 heterocycles. The highest BCUT2D eigenvalue weighted by Gasteiger charge is 1.99. The molecule has 2 nitrogen and oxygen atoms in total. The van der Waals surface area contributed by atoms with Crippen molar-refractivity contribution in [2.24, 2.45) is 0 Å². The van der Waals surface area contributed by atoms with Gasteiger partial charge in [-0.15, -0.1) is 0 Å². The van der Waals surface area contributed by atoms with Gasteiger partial charge in [0.25, 0.3) is 0 Å². The first-order valence-corrected chi connectivity index (χ1v) is 5.17. The van der Waals surface area contributed by atoms with E-state index in [9.17, 15) is 5.11 Å². The van der Waals surface area contributed by atoms with Crippen LogP contribution in [0.25, 0.3) is 0 Å². The maximum absolute atomic E-state index is 9.28. The Labute approximate surface area is 97.4 Å². The van der Waals surface area contributed by atoms with E-state index in [0.29, 0.717) is 12.8 Å². The molecular weight excluding hydrogens is 200 g/mol. The summed E-state index contributed by atoms with van der Waals surface area (Å²) in [5.41, 5.74) is 0. The van der Waals surface area contributed by atoms with Crippen molar-refractivity contribution in [3.8, 4) is 35.5 Å². The molecule has 0 aliphatic carbocycles. The van der Waals surface area contributed by atoms with E-state index in [4.69, 9.17) is 5.11 Å². The fourth-order valence-corrected chi connectivity index (χ4v) is 0.927. The third-order valence-corrected chi connectivity index (χ3v) is 1.71. The van der Waals surface area contributed by atoms with Crippen LogP contribution in [0.4, 0.5) is 0 Å². The molecule has 1 atom stereocenters. The second-order valence-corrected chi connectivity index (χ2v) is 3.04. The average Bonchev–Trinajstić information content (AvgIpc) is 2.27. The second kappa shape index (κ2) is 11.4. The molecule has 2 heteroatoms. The molecule has 0 aromatic heterocycles. The summed E-state index contributed by atoms with van der Waals surface area (Å²) in [6.45, 7) is 1.75. The zero-order chi connectivity index (χ0) is 12.1. The molecule has 16 heavy (non-hydrogen) atoms. The van der Waals surface area contributed by atoms with E-state index in [1.165, 1.54) is 0 Å². The van der Waals surface area contributed by atoms with Gasteiger partial charge in [0.15, 0.2) is 0 Å². The van der Waals surface area contributed by atoms with Crippen molar-refractivity contribution in [3.63, 3.8) is 0 Å². The highest BCUT2D eigenvalue weighted by atomic mass is 16.3. The molecule has 84 valence electrons. The summed E-state index contributed by atoms with van der Waals surface area (Å²) >= 11 is 0. The SMILES string of the molecule is CC#CC#CC#C/C=C/CC[C@H](O)CCO. The van der Waals surface area contributed by atoms with E-state index in [1.807, 2.05) is 6.08 Å². The van der Waals surface area contributed by atoms with Crippen LogP contribution in [0.5, 0.6) is 0 Å². The monoisotopic (exact) mass is 216 g/mol. The topological polar surface area (TPSA) is 40.5 Å². The standard InChI is InChI=1S/C14H16O2/c1-2-3-4-5-6-7-8-9-10-11-14(16)12-13-15/h8-9,14-16H,10-13H2,1H3/b9-8+/t14-/m0/s1. The Morgan fingerprint density at radius 3 is 2.56 bits per heavy atom. The third-order valence-electron chi connectivity index (χ3n) is 1.71. The second-order valence-electron chi connectivity index (χ2n) is 3.04. The lowest BCUT2D eigenvalue weighted by Gasteiger charge is -2.04. The lowest BCUT2D eigenvalue weighted by molar-refractivity contribution is 0.126. The van der Waals surface area contributed by atoms with Gasteiger partial charge < -0.3 is 10.2 Å². The van der Waals surface area contributed by atoms with Crippen molar-refractivity contribution in [1.29, 1.82) is 0 Å². The maximum Gasteiger partial charge on any atom is 0.0565 e. The predicted octanol–water partition coefficient (Wildman–Crippen LogP) is 1.10. The van der Waals surface area contributed by atoms with E-state index in [0.717, 1.165) is 6.42 Å². The summed E-state index contributed by atoms with van der Waals surface area (Å²) in [7, 11) is 0. The normalized spacial score (nSPS) is 10.4. The number of hydrogen-bond donors (Lipinski definition) is 2. The van der Waals surface area contributed by atoms with Gasteiger partial charge in [0, 0.05) is 6.61 Å². The van der Waals surface area contributed by atoms with E-state index >= 15 is 0 Å². The van der Waals surface area contributed by atoms with Crippen molar-refractivity contribution in [3.05, 3.63) is 12.2 Å². The van der Waals surface area contributed by atoms with E-state index in [1.54, 1.807) is 13.0 Å². The summed E-state index contributed by atoms with van der Waals surface area (Å²) in [5, 5.41) is 17.8. The van der Waals surface area contributed by atoms with Crippen molar-refractivity contribution in [2.45, 2.75) is 32.3 Å². The lowest BCUT2D eigenvalue weighted by Crippen LogP contribution is -2.07. The van der Waals surface area contributed by atoms with Gasteiger partial charge in [-0.3, -0.25) is 0 Å². The molecule has 0 fully saturated rings. The Morgan fingerprint density at radius 1 is 1.12 bits per heavy atom. The number of hydrogen-bond acceptors (Lipinski definition) is 2. The molecular formula is C14H16O2.